The van der Waals surface area contributed by atoms with Crippen molar-refractivity contribution in [3.05, 3.63) is 35.9 Å². The lowest BCUT2D eigenvalue weighted by Gasteiger charge is -2.40. The maximum absolute atomic E-state index is 11.4. The largest absolute Gasteiger partial charge is 0.465 e. The molecule has 0 spiro atoms. The van der Waals surface area contributed by atoms with E-state index in [2.05, 4.69) is 0 Å². The zero-order valence-corrected chi connectivity index (χ0v) is 11.4. The Labute approximate surface area is 108 Å². The van der Waals surface area contributed by atoms with Crippen LogP contribution in [0, 0.1) is 0 Å². The zero-order valence-electron chi connectivity index (χ0n) is 11.4. The number of carboxylic acid groups (broad SMARTS) is 1. The van der Waals surface area contributed by atoms with Gasteiger partial charge in [0.2, 0.25) is 0 Å². The van der Waals surface area contributed by atoms with E-state index in [1.54, 1.807) is 0 Å². The molecular formula is C14H22N2O2. The van der Waals surface area contributed by atoms with Crippen LogP contribution in [0.2, 0.25) is 0 Å². The first-order chi connectivity index (χ1) is 8.25. The number of hydrogen-bond acceptors (Lipinski definition) is 2. The van der Waals surface area contributed by atoms with Crippen LogP contribution >= 0.6 is 0 Å². The molecule has 4 nitrogen and oxygen atoms in total. The minimum atomic E-state index is -0.943. The molecule has 0 aliphatic heterocycles. The van der Waals surface area contributed by atoms with Crippen LogP contribution in [-0.2, 0) is 0 Å². The van der Waals surface area contributed by atoms with Crippen molar-refractivity contribution in [1.82, 2.24) is 4.90 Å². The molecule has 0 bridgehead atoms. The highest BCUT2D eigenvalue weighted by Crippen LogP contribution is 2.25. The summed E-state index contributed by atoms with van der Waals surface area (Å²) in [5, 5.41) is 9.35. The summed E-state index contributed by atoms with van der Waals surface area (Å²) in [6.07, 6.45) is -0.943. The van der Waals surface area contributed by atoms with E-state index in [9.17, 15) is 9.90 Å². The molecule has 1 rings (SSSR count). The van der Waals surface area contributed by atoms with Gasteiger partial charge in [0.25, 0.3) is 0 Å². The van der Waals surface area contributed by atoms with E-state index in [1.165, 1.54) is 4.90 Å². The summed E-state index contributed by atoms with van der Waals surface area (Å²) in [5.41, 5.74) is 6.64. The van der Waals surface area contributed by atoms with Crippen molar-refractivity contribution in [2.75, 3.05) is 0 Å². The number of carbonyl (C=O) groups is 1. The lowest BCUT2D eigenvalue weighted by atomic mass is 9.96. The van der Waals surface area contributed by atoms with Gasteiger partial charge >= 0.3 is 6.09 Å². The highest BCUT2D eigenvalue weighted by molar-refractivity contribution is 5.66. The van der Waals surface area contributed by atoms with Crippen LogP contribution in [0.25, 0.3) is 0 Å². The maximum atomic E-state index is 11.4. The summed E-state index contributed by atoms with van der Waals surface area (Å²) in [6.45, 7) is 7.46. The average molecular weight is 250 g/mol. The Morgan fingerprint density at radius 2 is 1.78 bits per heavy atom. The molecule has 0 saturated carbocycles. The molecule has 100 valence electrons. The molecule has 1 aromatic rings. The first kappa shape index (κ1) is 14.5. The average Bonchev–Trinajstić information content (AvgIpc) is 2.26. The van der Waals surface area contributed by atoms with E-state index in [1.807, 2.05) is 58.0 Å². The number of hydrogen-bond donors (Lipinski definition) is 2. The molecule has 18 heavy (non-hydrogen) atoms. The lowest BCUT2D eigenvalue weighted by molar-refractivity contribution is 0.0671. The minimum Gasteiger partial charge on any atom is -0.465 e. The number of benzene rings is 1. The van der Waals surface area contributed by atoms with Crippen molar-refractivity contribution >= 4 is 6.09 Å². The monoisotopic (exact) mass is 250 g/mol. The number of nitrogens with zero attached hydrogens (tertiary/aromatic N) is 1. The number of rotatable bonds is 3. The third kappa shape index (κ3) is 3.23. The molecule has 1 aromatic carbocycles. The third-order valence-electron chi connectivity index (χ3n) is 3.04. The minimum absolute atomic E-state index is 0.287. The van der Waals surface area contributed by atoms with Crippen LogP contribution in [0.3, 0.4) is 0 Å². The fraction of sp³-hybridized carbons (Fsp3) is 0.500. The van der Waals surface area contributed by atoms with Gasteiger partial charge in [0.05, 0.1) is 12.1 Å². The summed E-state index contributed by atoms with van der Waals surface area (Å²) in [5.74, 6) is 0. The molecule has 0 aliphatic carbocycles. The molecule has 0 heterocycles. The van der Waals surface area contributed by atoms with Gasteiger partial charge in [0.1, 0.15) is 0 Å². The van der Waals surface area contributed by atoms with Crippen molar-refractivity contribution in [1.29, 1.82) is 0 Å². The van der Waals surface area contributed by atoms with Crippen molar-refractivity contribution in [2.24, 2.45) is 5.73 Å². The van der Waals surface area contributed by atoms with E-state index in [-0.39, 0.29) is 12.1 Å². The Bertz CT molecular complexity index is 398. The summed E-state index contributed by atoms with van der Waals surface area (Å²) in [7, 11) is 0. The smallest absolute Gasteiger partial charge is 0.408 e. The van der Waals surface area contributed by atoms with Crippen LogP contribution in [0.4, 0.5) is 4.79 Å². The molecule has 0 saturated heterocycles. The Balaban J connectivity index is 2.98. The van der Waals surface area contributed by atoms with Gasteiger partial charge in [0.15, 0.2) is 0 Å². The van der Waals surface area contributed by atoms with E-state index >= 15 is 0 Å². The predicted octanol–water partition coefficient (Wildman–Crippen LogP) is 2.85. The second-order valence-electron chi connectivity index (χ2n) is 5.50. The summed E-state index contributed by atoms with van der Waals surface area (Å²) in [4.78, 5) is 12.8. The van der Waals surface area contributed by atoms with Gasteiger partial charge in [-0.2, -0.15) is 0 Å². The van der Waals surface area contributed by atoms with Gasteiger partial charge in [0, 0.05) is 5.54 Å². The SMILES string of the molecule is C[C@@H]([C@H](N)c1ccccc1)N(C(=O)O)C(C)(C)C. The lowest BCUT2D eigenvalue weighted by Crippen LogP contribution is -2.53. The normalized spacial score (nSPS) is 14.9. The molecule has 0 fully saturated rings. The van der Waals surface area contributed by atoms with Crippen molar-refractivity contribution in [2.45, 2.75) is 45.3 Å². The Morgan fingerprint density at radius 1 is 1.28 bits per heavy atom. The molecule has 2 atom stereocenters. The Kier molecular flexibility index (Phi) is 4.35. The van der Waals surface area contributed by atoms with Gasteiger partial charge < -0.3 is 10.8 Å². The Morgan fingerprint density at radius 3 is 2.17 bits per heavy atom. The standard InChI is InChI=1S/C14H22N2O2/c1-10(16(13(17)18)14(2,3)4)12(15)11-8-6-5-7-9-11/h5-10,12H,15H2,1-4H3,(H,17,18)/t10-,12-/m0/s1. The first-order valence-corrected chi connectivity index (χ1v) is 6.08. The number of amides is 1. The fourth-order valence-corrected chi connectivity index (χ4v) is 2.19. The molecule has 0 aliphatic rings. The first-order valence-electron chi connectivity index (χ1n) is 6.08. The molecule has 1 amide bonds. The van der Waals surface area contributed by atoms with E-state index in [0.717, 1.165) is 5.56 Å². The molecule has 3 N–H and O–H groups in total. The van der Waals surface area contributed by atoms with Gasteiger partial charge in [-0.3, -0.25) is 4.90 Å². The van der Waals surface area contributed by atoms with Gasteiger partial charge in [-0.05, 0) is 33.3 Å². The van der Waals surface area contributed by atoms with E-state index < -0.39 is 11.6 Å². The van der Waals surface area contributed by atoms with Gasteiger partial charge in [-0.25, -0.2) is 4.79 Å². The maximum Gasteiger partial charge on any atom is 0.408 e. The van der Waals surface area contributed by atoms with E-state index in [4.69, 9.17) is 5.73 Å². The summed E-state index contributed by atoms with van der Waals surface area (Å²) >= 11 is 0. The van der Waals surface area contributed by atoms with Crippen molar-refractivity contribution < 1.29 is 9.90 Å². The van der Waals surface area contributed by atoms with Crippen LogP contribution in [0.15, 0.2) is 30.3 Å². The van der Waals surface area contributed by atoms with Gasteiger partial charge in [-0.1, -0.05) is 30.3 Å². The van der Waals surface area contributed by atoms with E-state index in [0.29, 0.717) is 0 Å². The topological polar surface area (TPSA) is 66.6 Å². The second kappa shape index (κ2) is 5.40. The predicted molar refractivity (Wildman–Crippen MR) is 72.4 cm³/mol. The van der Waals surface area contributed by atoms with Crippen LogP contribution in [0.5, 0.6) is 0 Å². The molecule has 0 unspecified atom stereocenters. The molecular weight excluding hydrogens is 228 g/mol. The highest BCUT2D eigenvalue weighted by atomic mass is 16.4. The van der Waals surface area contributed by atoms with Crippen LogP contribution < -0.4 is 5.73 Å². The fourth-order valence-electron chi connectivity index (χ4n) is 2.19. The highest BCUT2D eigenvalue weighted by Gasteiger charge is 2.34. The third-order valence-corrected chi connectivity index (χ3v) is 3.04. The molecule has 0 aromatic heterocycles. The van der Waals surface area contributed by atoms with Crippen molar-refractivity contribution in [3.8, 4) is 0 Å². The van der Waals surface area contributed by atoms with Crippen LogP contribution in [0.1, 0.15) is 39.3 Å². The summed E-state index contributed by atoms with van der Waals surface area (Å²) in [6, 6.07) is 8.95. The van der Waals surface area contributed by atoms with Crippen molar-refractivity contribution in [3.63, 3.8) is 0 Å². The summed E-state index contributed by atoms with van der Waals surface area (Å²) < 4.78 is 0. The number of nitrogens with two attached hydrogens (primary N) is 1. The zero-order chi connectivity index (χ0) is 13.9. The Hall–Kier alpha value is -1.55. The quantitative estimate of drug-likeness (QED) is 0.866. The second-order valence-corrected chi connectivity index (χ2v) is 5.50. The molecule has 0 radical (unpaired) electrons. The molecule has 4 heteroatoms. The van der Waals surface area contributed by atoms with Gasteiger partial charge in [-0.15, -0.1) is 0 Å². The van der Waals surface area contributed by atoms with Crippen LogP contribution in [-0.4, -0.2) is 27.7 Å².